The van der Waals surface area contributed by atoms with Gasteiger partial charge in [0, 0.05) is 37.8 Å². The predicted octanol–water partition coefficient (Wildman–Crippen LogP) is 6.43. The zero-order valence-corrected chi connectivity index (χ0v) is 29.1. The van der Waals surface area contributed by atoms with Crippen molar-refractivity contribution in [3.63, 3.8) is 0 Å². The number of nitrogens with zero attached hydrogens (tertiary/aromatic N) is 2. The predicted molar refractivity (Wildman–Crippen MR) is 182 cm³/mol. The molecule has 1 aliphatic heterocycles. The van der Waals surface area contributed by atoms with E-state index in [9.17, 15) is 31.5 Å². The van der Waals surface area contributed by atoms with Crippen LogP contribution in [0.2, 0.25) is 0 Å². The maximum atomic E-state index is 14.3. The van der Waals surface area contributed by atoms with Gasteiger partial charge in [0.05, 0.1) is 40.9 Å². The molecule has 0 aliphatic carbocycles. The number of sulfonamides is 1. The molecule has 4 rings (SSSR count). The van der Waals surface area contributed by atoms with Gasteiger partial charge >= 0.3 is 6.18 Å². The summed E-state index contributed by atoms with van der Waals surface area (Å²) >= 11 is 0. The number of benzene rings is 3. The lowest BCUT2D eigenvalue weighted by molar-refractivity contribution is -0.137. The van der Waals surface area contributed by atoms with Crippen molar-refractivity contribution in [1.29, 1.82) is 0 Å². The third-order valence-electron chi connectivity index (χ3n) is 8.58. The van der Waals surface area contributed by atoms with Crippen molar-refractivity contribution < 1.29 is 41.0 Å². The molecular weight excluding hydrogens is 659 g/mol. The van der Waals surface area contributed by atoms with Crippen molar-refractivity contribution in [3.8, 4) is 5.75 Å². The Kier molecular flexibility index (Phi) is 13.1. The van der Waals surface area contributed by atoms with Gasteiger partial charge in [-0.3, -0.25) is 14.4 Å². The number of ether oxygens (including phenoxy) is 2. The number of likely N-dealkylation sites (N-methyl/N-ethyl adjacent to an activating group) is 1. The fourth-order valence-corrected chi connectivity index (χ4v) is 6.82. The highest BCUT2D eigenvalue weighted by molar-refractivity contribution is 7.92. The number of halogens is 3. The fraction of sp³-hybridized carbons (Fsp3) is 0.472. The van der Waals surface area contributed by atoms with Gasteiger partial charge in [0.25, 0.3) is 15.9 Å². The van der Waals surface area contributed by atoms with Crippen LogP contribution in [-0.2, 0) is 27.5 Å². The molecule has 268 valence electrons. The van der Waals surface area contributed by atoms with Crippen molar-refractivity contribution in [2.24, 2.45) is 5.92 Å². The van der Waals surface area contributed by atoms with Crippen molar-refractivity contribution in [2.45, 2.75) is 75.9 Å². The van der Waals surface area contributed by atoms with E-state index >= 15 is 0 Å². The molecule has 13 heteroatoms. The number of aliphatic hydroxyl groups is 1. The average molecular weight is 706 g/mol. The molecule has 4 atom stereocenters. The van der Waals surface area contributed by atoms with E-state index in [4.69, 9.17) is 9.47 Å². The van der Waals surface area contributed by atoms with Gasteiger partial charge < -0.3 is 19.5 Å². The summed E-state index contributed by atoms with van der Waals surface area (Å²) in [7, 11) is -2.07. The maximum Gasteiger partial charge on any atom is 0.416 e. The first-order valence-corrected chi connectivity index (χ1v) is 17.9. The monoisotopic (exact) mass is 705 g/mol. The van der Waals surface area contributed by atoms with E-state index in [-0.39, 0.29) is 47.4 Å². The number of nitrogens with one attached hydrogen (secondary N) is 1. The van der Waals surface area contributed by atoms with Crippen molar-refractivity contribution in [3.05, 3.63) is 89.5 Å². The number of carbonyl (C=O) groups is 1. The first-order valence-electron chi connectivity index (χ1n) is 16.4. The summed E-state index contributed by atoms with van der Waals surface area (Å²) in [5.74, 6) is -0.353. The van der Waals surface area contributed by atoms with Crippen LogP contribution in [0.5, 0.6) is 5.75 Å². The first kappa shape index (κ1) is 38.2. The zero-order chi connectivity index (χ0) is 35.8. The minimum Gasteiger partial charge on any atom is -0.490 e. The molecule has 0 bridgehead atoms. The molecule has 0 saturated carbocycles. The van der Waals surface area contributed by atoms with Gasteiger partial charge in [-0.05, 0) is 88.2 Å². The lowest BCUT2D eigenvalue weighted by Gasteiger charge is -2.36. The SMILES string of the molecule is C[C@@H]1CCCCO[C@@H](CN(C)Cc2ccc(C(F)(F)F)cc2)[C@@H](C)CN([C@H](C)CO)C(=O)c2cc(NS(=O)(=O)c3ccccc3)ccc2O1. The van der Waals surface area contributed by atoms with Crippen molar-refractivity contribution in [2.75, 3.05) is 38.1 Å². The fourth-order valence-electron chi connectivity index (χ4n) is 5.74. The van der Waals surface area contributed by atoms with E-state index in [2.05, 4.69) is 4.72 Å². The largest absolute Gasteiger partial charge is 0.490 e. The van der Waals surface area contributed by atoms with Gasteiger partial charge in [-0.15, -0.1) is 0 Å². The van der Waals surface area contributed by atoms with Crippen LogP contribution in [0, 0.1) is 5.92 Å². The highest BCUT2D eigenvalue weighted by Gasteiger charge is 2.32. The summed E-state index contributed by atoms with van der Waals surface area (Å²) in [5, 5.41) is 10.2. The minimum absolute atomic E-state index is 0.0740. The zero-order valence-electron chi connectivity index (χ0n) is 28.3. The Hall–Kier alpha value is -3.65. The smallest absolute Gasteiger partial charge is 0.416 e. The third-order valence-corrected chi connectivity index (χ3v) is 9.98. The molecule has 1 heterocycles. The Morgan fingerprint density at radius 3 is 2.39 bits per heavy atom. The Bertz CT molecular complexity index is 1620. The molecule has 0 unspecified atom stereocenters. The maximum absolute atomic E-state index is 14.3. The summed E-state index contributed by atoms with van der Waals surface area (Å²) in [6, 6.07) is 17.0. The van der Waals surface area contributed by atoms with Crippen LogP contribution in [0.1, 0.15) is 61.5 Å². The quantitative estimate of drug-likeness (QED) is 0.264. The Morgan fingerprint density at radius 1 is 1.04 bits per heavy atom. The molecule has 49 heavy (non-hydrogen) atoms. The van der Waals surface area contributed by atoms with Crippen LogP contribution in [0.15, 0.2) is 77.7 Å². The molecule has 0 radical (unpaired) electrons. The Balaban J connectivity index is 1.60. The summed E-state index contributed by atoms with van der Waals surface area (Å²) in [6.45, 7) is 6.79. The second kappa shape index (κ2) is 16.8. The highest BCUT2D eigenvalue weighted by atomic mass is 32.2. The van der Waals surface area contributed by atoms with E-state index < -0.39 is 33.7 Å². The topological polar surface area (TPSA) is 108 Å². The van der Waals surface area contributed by atoms with Crippen LogP contribution < -0.4 is 9.46 Å². The van der Waals surface area contributed by atoms with Crippen molar-refractivity contribution in [1.82, 2.24) is 9.80 Å². The molecule has 1 amide bonds. The number of carbonyl (C=O) groups excluding carboxylic acids is 1. The van der Waals surface area contributed by atoms with Gasteiger partial charge in [0.15, 0.2) is 0 Å². The Morgan fingerprint density at radius 2 is 1.73 bits per heavy atom. The number of fused-ring (bicyclic) bond motifs is 1. The highest BCUT2D eigenvalue weighted by Crippen LogP contribution is 2.31. The summed E-state index contributed by atoms with van der Waals surface area (Å²) in [4.78, 5) is 17.9. The second-order valence-electron chi connectivity index (χ2n) is 12.8. The van der Waals surface area contributed by atoms with Gasteiger partial charge in [0.1, 0.15) is 5.75 Å². The standard InChI is InChI=1S/C36H46F3N3O6S/c1-25-21-42(26(2)24-43)35(44)32-20-30(40-49(45,46)31-11-6-5-7-12-31)17-18-33(32)48-27(3)10-8-9-19-47-34(25)23-41(4)22-28-13-15-29(16-14-28)36(37,38)39/h5-7,11-18,20,25-27,34,40,43H,8-10,19,21-24H2,1-4H3/t25-,26+,27+,34-/m0/s1. The van der Waals surface area contributed by atoms with Crippen LogP contribution in [0.3, 0.4) is 0 Å². The van der Waals surface area contributed by atoms with E-state index in [1.54, 1.807) is 42.2 Å². The number of alkyl halides is 3. The lowest BCUT2D eigenvalue weighted by atomic mass is 10.0. The number of hydrogen-bond donors (Lipinski definition) is 2. The number of anilines is 1. The van der Waals surface area contributed by atoms with Crippen LogP contribution in [0.4, 0.5) is 18.9 Å². The van der Waals surface area contributed by atoms with Gasteiger partial charge in [0.2, 0.25) is 0 Å². The number of amides is 1. The van der Waals surface area contributed by atoms with Crippen LogP contribution in [0.25, 0.3) is 0 Å². The normalized spacial score (nSPS) is 20.6. The Labute approximate surface area is 287 Å². The number of hydrogen-bond acceptors (Lipinski definition) is 7. The third kappa shape index (κ3) is 10.7. The van der Waals surface area contributed by atoms with Gasteiger partial charge in [-0.2, -0.15) is 13.2 Å². The molecule has 0 saturated heterocycles. The molecule has 0 fully saturated rings. The van der Waals surface area contributed by atoms with Crippen molar-refractivity contribution >= 4 is 21.6 Å². The number of rotatable bonds is 9. The summed E-state index contributed by atoms with van der Waals surface area (Å²) in [5.41, 5.74) is 0.358. The van der Waals surface area contributed by atoms with E-state index in [0.29, 0.717) is 31.9 Å². The molecule has 0 aromatic heterocycles. The van der Waals surface area contributed by atoms with Gasteiger partial charge in [-0.1, -0.05) is 37.3 Å². The van der Waals surface area contributed by atoms with E-state index in [1.807, 2.05) is 25.8 Å². The molecular formula is C36H46F3N3O6S. The van der Waals surface area contributed by atoms with Crippen LogP contribution >= 0.6 is 0 Å². The molecule has 2 N–H and O–H groups in total. The number of aliphatic hydroxyl groups excluding tert-OH is 1. The van der Waals surface area contributed by atoms with Gasteiger partial charge in [-0.25, -0.2) is 8.42 Å². The lowest BCUT2D eigenvalue weighted by Crippen LogP contribution is -2.47. The average Bonchev–Trinajstić information content (AvgIpc) is 3.06. The first-order chi connectivity index (χ1) is 23.2. The van der Waals surface area contributed by atoms with Crippen LogP contribution in [-0.4, -0.2) is 80.8 Å². The summed E-state index contributed by atoms with van der Waals surface area (Å²) in [6.07, 6.45) is -2.76. The summed E-state index contributed by atoms with van der Waals surface area (Å²) < 4.78 is 80.6. The molecule has 3 aromatic carbocycles. The molecule has 1 aliphatic rings. The molecule has 3 aromatic rings. The van der Waals surface area contributed by atoms with E-state index in [0.717, 1.165) is 30.5 Å². The molecule has 9 nitrogen and oxygen atoms in total. The minimum atomic E-state index is -4.41. The molecule has 0 spiro atoms. The second-order valence-corrected chi connectivity index (χ2v) is 14.5. The van der Waals surface area contributed by atoms with E-state index in [1.165, 1.54) is 30.3 Å².